The highest BCUT2D eigenvalue weighted by Gasteiger charge is 2.24. The quantitative estimate of drug-likeness (QED) is 0.463. The van der Waals surface area contributed by atoms with E-state index in [0.29, 0.717) is 5.69 Å². The standard InChI is InChI=1S/C23H24F2N6O/c24-15-7-5-13(6-8-15)14-9-16(12-28-11-14)29-22-17(21(27)32)10-18(25)23(31-22)30-20-4-2-1-3-19(20)26/h5-12,19-20H,1-4,26H2,(H2,27,32)(H2,29,30,31). The van der Waals surface area contributed by atoms with Gasteiger partial charge in [-0.15, -0.1) is 0 Å². The summed E-state index contributed by atoms with van der Waals surface area (Å²) in [5.41, 5.74) is 13.5. The summed E-state index contributed by atoms with van der Waals surface area (Å²) < 4.78 is 27.9. The van der Waals surface area contributed by atoms with E-state index in [1.165, 1.54) is 18.3 Å². The molecule has 3 aromatic rings. The summed E-state index contributed by atoms with van der Waals surface area (Å²) >= 11 is 0. The second kappa shape index (κ2) is 9.27. The molecule has 0 bridgehead atoms. The summed E-state index contributed by atoms with van der Waals surface area (Å²) in [5, 5.41) is 6.08. The first-order valence-electron chi connectivity index (χ1n) is 10.4. The average Bonchev–Trinajstić information content (AvgIpc) is 2.78. The van der Waals surface area contributed by atoms with Crippen LogP contribution >= 0.6 is 0 Å². The second-order valence-electron chi connectivity index (χ2n) is 7.87. The third-order valence-electron chi connectivity index (χ3n) is 5.56. The Bertz CT molecular complexity index is 1120. The fourth-order valence-corrected chi connectivity index (χ4v) is 3.83. The largest absolute Gasteiger partial charge is 0.365 e. The van der Waals surface area contributed by atoms with Gasteiger partial charge in [-0.2, -0.15) is 0 Å². The van der Waals surface area contributed by atoms with Crippen LogP contribution in [0.5, 0.6) is 0 Å². The summed E-state index contributed by atoms with van der Waals surface area (Å²) in [4.78, 5) is 20.4. The predicted octanol–water partition coefficient (Wildman–Crippen LogP) is 3.95. The molecule has 1 fully saturated rings. The molecule has 166 valence electrons. The van der Waals surface area contributed by atoms with Crippen LogP contribution in [0.4, 0.5) is 26.1 Å². The van der Waals surface area contributed by atoms with E-state index < -0.39 is 11.7 Å². The number of nitrogens with one attached hydrogen (secondary N) is 2. The first kappa shape index (κ1) is 21.6. The van der Waals surface area contributed by atoms with E-state index in [0.717, 1.165) is 42.9 Å². The van der Waals surface area contributed by atoms with Crippen LogP contribution in [0.1, 0.15) is 36.0 Å². The monoisotopic (exact) mass is 438 g/mol. The van der Waals surface area contributed by atoms with E-state index in [-0.39, 0.29) is 35.1 Å². The van der Waals surface area contributed by atoms with E-state index in [4.69, 9.17) is 11.5 Å². The number of hydrogen-bond donors (Lipinski definition) is 4. The Kier molecular flexibility index (Phi) is 6.27. The van der Waals surface area contributed by atoms with Gasteiger partial charge >= 0.3 is 0 Å². The van der Waals surface area contributed by atoms with Gasteiger partial charge < -0.3 is 22.1 Å². The van der Waals surface area contributed by atoms with Gasteiger partial charge in [0.05, 0.1) is 17.4 Å². The number of pyridine rings is 2. The molecule has 0 aliphatic heterocycles. The van der Waals surface area contributed by atoms with Crippen LogP contribution in [0.2, 0.25) is 0 Å². The van der Waals surface area contributed by atoms with E-state index in [1.807, 2.05) is 0 Å². The third kappa shape index (κ3) is 4.83. The summed E-state index contributed by atoms with van der Waals surface area (Å²) in [5.74, 6) is -1.73. The van der Waals surface area contributed by atoms with Crippen molar-refractivity contribution in [3.63, 3.8) is 0 Å². The molecule has 1 aliphatic carbocycles. The number of carbonyl (C=O) groups excluding carboxylic acids is 1. The van der Waals surface area contributed by atoms with Crippen LogP contribution < -0.4 is 22.1 Å². The maximum absolute atomic E-state index is 14.7. The molecule has 0 radical (unpaired) electrons. The van der Waals surface area contributed by atoms with Crippen LogP contribution in [0.3, 0.4) is 0 Å². The molecule has 4 rings (SSSR count). The van der Waals surface area contributed by atoms with E-state index in [2.05, 4.69) is 20.6 Å². The average molecular weight is 438 g/mol. The van der Waals surface area contributed by atoms with E-state index in [1.54, 1.807) is 24.4 Å². The van der Waals surface area contributed by atoms with Crippen molar-refractivity contribution in [3.8, 4) is 11.1 Å². The van der Waals surface area contributed by atoms with Gasteiger partial charge in [0.15, 0.2) is 11.6 Å². The fourth-order valence-electron chi connectivity index (χ4n) is 3.83. The van der Waals surface area contributed by atoms with Gasteiger partial charge in [-0.05, 0) is 42.7 Å². The highest BCUT2D eigenvalue weighted by atomic mass is 19.1. The summed E-state index contributed by atoms with van der Waals surface area (Å²) in [6.07, 6.45) is 6.87. The number of primary amides is 1. The second-order valence-corrected chi connectivity index (χ2v) is 7.87. The zero-order valence-corrected chi connectivity index (χ0v) is 17.3. The number of halogens is 2. The SMILES string of the molecule is NC(=O)c1cc(F)c(NC2CCCCC2N)nc1Nc1cncc(-c2ccc(F)cc2)c1. The summed E-state index contributed by atoms with van der Waals surface area (Å²) in [6, 6.07) is 8.60. The van der Waals surface area contributed by atoms with Gasteiger partial charge in [0.1, 0.15) is 11.6 Å². The fraction of sp³-hybridized carbons (Fsp3) is 0.261. The predicted molar refractivity (Wildman–Crippen MR) is 119 cm³/mol. The van der Waals surface area contributed by atoms with Crippen LogP contribution in [0.25, 0.3) is 11.1 Å². The lowest BCUT2D eigenvalue weighted by Gasteiger charge is -2.30. The molecule has 0 saturated heterocycles. The molecule has 0 spiro atoms. The van der Waals surface area contributed by atoms with Crippen molar-refractivity contribution in [2.24, 2.45) is 11.5 Å². The Labute approximate surface area is 184 Å². The van der Waals surface area contributed by atoms with Crippen LogP contribution in [0, 0.1) is 11.6 Å². The number of anilines is 3. The zero-order valence-electron chi connectivity index (χ0n) is 17.3. The Morgan fingerprint density at radius 1 is 1.00 bits per heavy atom. The van der Waals surface area contributed by atoms with Gasteiger partial charge in [0.25, 0.3) is 5.91 Å². The number of hydrogen-bond acceptors (Lipinski definition) is 6. The third-order valence-corrected chi connectivity index (χ3v) is 5.56. The topological polar surface area (TPSA) is 119 Å². The molecule has 2 aromatic heterocycles. The number of benzene rings is 1. The van der Waals surface area contributed by atoms with Crippen LogP contribution in [-0.4, -0.2) is 28.0 Å². The van der Waals surface area contributed by atoms with Crippen molar-refractivity contribution >= 4 is 23.2 Å². The Morgan fingerprint density at radius 2 is 1.75 bits per heavy atom. The summed E-state index contributed by atoms with van der Waals surface area (Å²) in [7, 11) is 0. The zero-order chi connectivity index (χ0) is 22.7. The number of carbonyl (C=O) groups is 1. The van der Waals surface area contributed by atoms with Crippen molar-refractivity contribution in [3.05, 3.63) is 66.0 Å². The van der Waals surface area contributed by atoms with Crippen molar-refractivity contribution < 1.29 is 13.6 Å². The smallest absolute Gasteiger partial charge is 0.252 e. The highest BCUT2D eigenvalue weighted by molar-refractivity contribution is 5.98. The molecule has 2 atom stereocenters. The lowest BCUT2D eigenvalue weighted by atomic mass is 9.91. The molecule has 7 nitrogen and oxygen atoms in total. The first-order valence-corrected chi connectivity index (χ1v) is 10.4. The van der Waals surface area contributed by atoms with Gasteiger partial charge in [-0.1, -0.05) is 25.0 Å². The highest BCUT2D eigenvalue weighted by Crippen LogP contribution is 2.28. The van der Waals surface area contributed by atoms with E-state index >= 15 is 0 Å². The minimum Gasteiger partial charge on any atom is -0.365 e. The number of aromatic nitrogens is 2. The molecule has 1 aromatic carbocycles. The number of nitrogens with zero attached hydrogens (tertiary/aromatic N) is 2. The summed E-state index contributed by atoms with van der Waals surface area (Å²) in [6.45, 7) is 0. The van der Waals surface area contributed by atoms with Crippen LogP contribution in [0.15, 0.2) is 48.8 Å². The van der Waals surface area contributed by atoms with Gasteiger partial charge in [0.2, 0.25) is 0 Å². The molecule has 9 heteroatoms. The van der Waals surface area contributed by atoms with E-state index in [9.17, 15) is 13.6 Å². The Hall–Kier alpha value is -3.59. The lowest BCUT2D eigenvalue weighted by Crippen LogP contribution is -2.43. The Morgan fingerprint density at radius 3 is 2.47 bits per heavy atom. The molecule has 2 heterocycles. The van der Waals surface area contributed by atoms with Gasteiger partial charge in [-0.25, -0.2) is 13.8 Å². The normalized spacial score (nSPS) is 18.2. The molecule has 2 unspecified atom stereocenters. The van der Waals surface area contributed by atoms with Gasteiger partial charge in [-0.3, -0.25) is 9.78 Å². The van der Waals surface area contributed by atoms with Crippen LogP contribution in [-0.2, 0) is 0 Å². The molecule has 1 saturated carbocycles. The minimum absolute atomic E-state index is 0.00231. The number of amides is 1. The molecule has 6 N–H and O–H groups in total. The van der Waals surface area contributed by atoms with Gasteiger partial charge in [0, 0.05) is 23.8 Å². The Balaban J connectivity index is 1.64. The number of rotatable bonds is 6. The van der Waals surface area contributed by atoms with Crippen molar-refractivity contribution in [2.75, 3.05) is 10.6 Å². The van der Waals surface area contributed by atoms with Crippen molar-refractivity contribution in [1.82, 2.24) is 9.97 Å². The molecule has 32 heavy (non-hydrogen) atoms. The molecule has 1 amide bonds. The van der Waals surface area contributed by atoms with Crippen molar-refractivity contribution in [1.29, 1.82) is 0 Å². The van der Waals surface area contributed by atoms with Crippen molar-refractivity contribution in [2.45, 2.75) is 37.8 Å². The first-order chi connectivity index (χ1) is 15.4. The molecular weight excluding hydrogens is 414 g/mol. The maximum atomic E-state index is 14.7. The molecule has 1 aliphatic rings. The minimum atomic E-state index is -0.817. The lowest BCUT2D eigenvalue weighted by molar-refractivity contribution is 0.100. The molecular formula is C23H24F2N6O. The number of nitrogens with two attached hydrogens (primary N) is 2. The maximum Gasteiger partial charge on any atom is 0.252 e.